The van der Waals surface area contributed by atoms with Crippen molar-refractivity contribution in [1.29, 1.82) is 0 Å². The minimum atomic E-state index is 0.499. The lowest BCUT2D eigenvalue weighted by molar-refractivity contribution is 0.0333. The summed E-state index contributed by atoms with van der Waals surface area (Å²) in [5.74, 6) is 0. The van der Waals surface area contributed by atoms with E-state index in [4.69, 9.17) is 14.2 Å². The predicted octanol–water partition coefficient (Wildman–Crippen LogP) is -0.0403. The van der Waals surface area contributed by atoms with Gasteiger partial charge in [-0.1, -0.05) is 0 Å². The Hall–Kier alpha value is -0.200. The molecule has 0 saturated carbocycles. The molecule has 1 saturated heterocycles. The Morgan fingerprint density at radius 3 is 2.71 bits per heavy atom. The minimum Gasteiger partial charge on any atom is -0.382 e. The molecule has 17 heavy (non-hydrogen) atoms. The fraction of sp³-hybridized carbons (Fsp3) is 1.00. The van der Waals surface area contributed by atoms with Crippen LogP contribution in [0.2, 0.25) is 0 Å². The molecule has 0 aromatic heterocycles. The number of nitrogens with one attached hydrogen (secondary N) is 1. The van der Waals surface area contributed by atoms with Crippen molar-refractivity contribution in [2.45, 2.75) is 13.0 Å². The SMILES string of the molecule is COCCOCCNC(C)CN1CCOCC1. The molecule has 0 bridgehead atoms. The Morgan fingerprint density at radius 2 is 2.00 bits per heavy atom. The van der Waals surface area contributed by atoms with E-state index >= 15 is 0 Å². The van der Waals surface area contributed by atoms with Gasteiger partial charge in [-0.2, -0.15) is 0 Å². The Kier molecular flexibility index (Phi) is 8.56. The van der Waals surface area contributed by atoms with Crippen molar-refractivity contribution in [3.63, 3.8) is 0 Å². The van der Waals surface area contributed by atoms with E-state index < -0.39 is 0 Å². The number of ether oxygens (including phenoxy) is 3. The Bertz CT molecular complexity index is 175. The van der Waals surface area contributed by atoms with Crippen molar-refractivity contribution in [2.24, 2.45) is 0 Å². The molecule has 0 radical (unpaired) electrons. The molecule has 0 aromatic carbocycles. The van der Waals surface area contributed by atoms with Gasteiger partial charge in [-0.05, 0) is 6.92 Å². The van der Waals surface area contributed by atoms with Gasteiger partial charge in [0, 0.05) is 39.3 Å². The predicted molar refractivity (Wildman–Crippen MR) is 67.4 cm³/mol. The van der Waals surface area contributed by atoms with Crippen molar-refractivity contribution >= 4 is 0 Å². The van der Waals surface area contributed by atoms with Gasteiger partial charge in [0.15, 0.2) is 0 Å². The van der Waals surface area contributed by atoms with Crippen LogP contribution in [0.4, 0.5) is 0 Å². The van der Waals surface area contributed by atoms with E-state index in [9.17, 15) is 0 Å². The van der Waals surface area contributed by atoms with Crippen LogP contribution in [0, 0.1) is 0 Å². The first-order valence-corrected chi connectivity index (χ1v) is 6.43. The monoisotopic (exact) mass is 246 g/mol. The highest BCUT2D eigenvalue weighted by Crippen LogP contribution is 1.98. The van der Waals surface area contributed by atoms with Gasteiger partial charge < -0.3 is 19.5 Å². The molecule has 5 nitrogen and oxygen atoms in total. The van der Waals surface area contributed by atoms with Crippen molar-refractivity contribution in [3.8, 4) is 0 Å². The van der Waals surface area contributed by atoms with Crippen LogP contribution in [0.3, 0.4) is 0 Å². The Balaban J connectivity index is 1.91. The van der Waals surface area contributed by atoms with Gasteiger partial charge in [-0.3, -0.25) is 4.90 Å². The zero-order valence-corrected chi connectivity index (χ0v) is 11.1. The molecular formula is C12H26N2O3. The van der Waals surface area contributed by atoms with Crippen LogP contribution in [-0.2, 0) is 14.2 Å². The average Bonchev–Trinajstić information content (AvgIpc) is 2.35. The molecule has 5 heteroatoms. The van der Waals surface area contributed by atoms with Crippen LogP contribution in [0.15, 0.2) is 0 Å². The summed E-state index contributed by atoms with van der Waals surface area (Å²) in [4.78, 5) is 2.44. The molecule has 1 fully saturated rings. The lowest BCUT2D eigenvalue weighted by Crippen LogP contribution is -2.45. The zero-order chi connectivity index (χ0) is 12.3. The quantitative estimate of drug-likeness (QED) is 0.578. The summed E-state index contributed by atoms with van der Waals surface area (Å²) >= 11 is 0. The van der Waals surface area contributed by atoms with E-state index in [0.29, 0.717) is 19.3 Å². The third-order valence-electron chi connectivity index (χ3n) is 2.81. The molecule has 1 N–H and O–H groups in total. The van der Waals surface area contributed by atoms with Crippen LogP contribution in [0.1, 0.15) is 6.92 Å². The normalized spacial score (nSPS) is 19.4. The van der Waals surface area contributed by atoms with Crippen LogP contribution >= 0.6 is 0 Å². The first-order chi connectivity index (χ1) is 8.33. The van der Waals surface area contributed by atoms with Crippen LogP contribution in [-0.4, -0.2) is 77.3 Å². The first kappa shape index (κ1) is 14.9. The largest absolute Gasteiger partial charge is 0.382 e. The van der Waals surface area contributed by atoms with E-state index in [2.05, 4.69) is 17.1 Å². The van der Waals surface area contributed by atoms with Gasteiger partial charge in [0.1, 0.15) is 0 Å². The summed E-state index contributed by atoms with van der Waals surface area (Å²) in [6, 6.07) is 0.499. The second kappa shape index (κ2) is 9.79. The third kappa shape index (κ3) is 7.68. The smallest absolute Gasteiger partial charge is 0.0700 e. The molecule has 1 rings (SSSR count). The number of methoxy groups -OCH3 is 1. The zero-order valence-electron chi connectivity index (χ0n) is 11.1. The molecule has 0 spiro atoms. The fourth-order valence-electron chi connectivity index (χ4n) is 1.86. The van der Waals surface area contributed by atoms with Gasteiger partial charge in [0.25, 0.3) is 0 Å². The number of hydrogen-bond donors (Lipinski definition) is 1. The summed E-state index contributed by atoms with van der Waals surface area (Å²) in [6.07, 6.45) is 0. The standard InChI is InChI=1S/C12H26N2O3/c1-12(11-14-4-7-17-8-5-14)13-3-6-16-10-9-15-2/h12-13H,3-11H2,1-2H3. The van der Waals surface area contributed by atoms with Gasteiger partial charge in [-0.15, -0.1) is 0 Å². The average molecular weight is 246 g/mol. The molecule has 1 aliphatic heterocycles. The maximum atomic E-state index is 5.39. The summed E-state index contributed by atoms with van der Waals surface area (Å²) < 4.78 is 15.6. The van der Waals surface area contributed by atoms with Gasteiger partial charge in [0.2, 0.25) is 0 Å². The first-order valence-electron chi connectivity index (χ1n) is 6.43. The van der Waals surface area contributed by atoms with E-state index in [1.165, 1.54) is 0 Å². The van der Waals surface area contributed by atoms with Crippen molar-refractivity contribution in [2.75, 3.05) is 66.3 Å². The summed E-state index contributed by atoms with van der Waals surface area (Å²) in [6.45, 7) is 10.1. The molecule has 1 unspecified atom stereocenters. The van der Waals surface area contributed by atoms with Gasteiger partial charge in [0.05, 0.1) is 33.0 Å². The van der Waals surface area contributed by atoms with E-state index in [0.717, 1.165) is 46.0 Å². The molecule has 1 aliphatic rings. The van der Waals surface area contributed by atoms with Crippen LogP contribution < -0.4 is 5.32 Å². The number of rotatable bonds is 9. The van der Waals surface area contributed by atoms with Gasteiger partial charge in [-0.25, -0.2) is 0 Å². The molecular weight excluding hydrogens is 220 g/mol. The Labute approximate surface area is 104 Å². The fourth-order valence-corrected chi connectivity index (χ4v) is 1.86. The highest BCUT2D eigenvalue weighted by molar-refractivity contribution is 4.69. The maximum absolute atomic E-state index is 5.39. The van der Waals surface area contributed by atoms with Crippen molar-refractivity contribution in [3.05, 3.63) is 0 Å². The third-order valence-corrected chi connectivity index (χ3v) is 2.81. The van der Waals surface area contributed by atoms with E-state index in [1.54, 1.807) is 7.11 Å². The topological polar surface area (TPSA) is 43.0 Å². The number of hydrogen-bond acceptors (Lipinski definition) is 5. The summed E-state index contributed by atoms with van der Waals surface area (Å²) in [7, 11) is 1.69. The Morgan fingerprint density at radius 1 is 1.24 bits per heavy atom. The second-order valence-electron chi connectivity index (χ2n) is 4.37. The van der Waals surface area contributed by atoms with Crippen LogP contribution in [0.5, 0.6) is 0 Å². The molecule has 0 aliphatic carbocycles. The maximum Gasteiger partial charge on any atom is 0.0700 e. The summed E-state index contributed by atoms with van der Waals surface area (Å²) in [5.41, 5.74) is 0. The number of nitrogens with zero attached hydrogens (tertiary/aromatic N) is 1. The second-order valence-corrected chi connectivity index (χ2v) is 4.37. The summed E-state index contributed by atoms with van der Waals surface area (Å²) in [5, 5.41) is 3.46. The van der Waals surface area contributed by atoms with E-state index in [-0.39, 0.29) is 0 Å². The molecule has 1 atom stereocenters. The lowest BCUT2D eigenvalue weighted by Gasteiger charge is -2.29. The highest BCUT2D eigenvalue weighted by Gasteiger charge is 2.12. The number of morpholine rings is 1. The molecule has 102 valence electrons. The van der Waals surface area contributed by atoms with Crippen molar-refractivity contribution < 1.29 is 14.2 Å². The molecule has 0 amide bonds. The van der Waals surface area contributed by atoms with Crippen molar-refractivity contribution in [1.82, 2.24) is 10.2 Å². The van der Waals surface area contributed by atoms with Crippen LogP contribution in [0.25, 0.3) is 0 Å². The molecule has 0 aromatic rings. The highest BCUT2D eigenvalue weighted by atomic mass is 16.5. The van der Waals surface area contributed by atoms with Gasteiger partial charge >= 0.3 is 0 Å². The van der Waals surface area contributed by atoms with E-state index in [1.807, 2.05) is 0 Å². The molecule has 1 heterocycles. The lowest BCUT2D eigenvalue weighted by atomic mass is 10.3. The minimum absolute atomic E-state index is 0.499.